The van der Waals surface area contributed by atoms with Crippen LogP contribution in [0.15, 0.2) is 18.2 Å². The van der Waals surface area contributed by atoms with Gasteiger partial charge >= 0.3 is 0 Å². The number of hydrogen-bond acceptors (Lipinski definition) is 5. The third-order valence-corrected chi connectivity index (χ3v) is 4.14. The Morgan fingerprint density at radius 3 is 2.71 bits per heavy atom. The topological polar surface area (TPSA) is 85.6 Å². The minimum atomic E-state index is -0.831. The number of hydrogen-bond donors (Lipinski definition) is 2. The highest BCUT2D eigenvalue weighted by atomic mass is 16.6. The van der Waals surface area contributed by atoms with E-state index in [1.54, 1.807) is 36.9 Å². The van der Waals surface area contributed by atoms with Crippen molar-refractivity contribution >= 4 is 5.91 Å². The highest BCUT2D eigenvalue weighted by molar-refractivity contribution is 5.96. The van der Waals surface area contributed by atoms with Gasteiger partial charge in [0.15, 0.2) is 11.5 Å². The van der Waals surface area contributed by atoms with E-state index >= 15 is 0 Å². The molecule has 2 aromatic rings. The van der Waals surface area contributed by atoms with Crippen molar-refractivity contribution in [2.75, 3.05) is 19.8 Å². The van der Waals surface area contributed by atoms with Gasteiger partial charge in [0.05, 0.1) is 17.4 Å². The number of aryl methyl sites for hydroxylation is 2. The van der Waals surface area contributed by atoms with Crippen LogP contribution in [-0.2, 0) is 7.05 Å². The van der Waals surface area contributed by atoms with Crippen molar-refractivity contribution in [1.29, 1.82) is 0 Å². The molecule has 7 nitrogen and oxygen atoms in total. The maximum absolute atomic E-state index is 12.3. The zero-order valence-corrected chi connectivity index (χ0v) is 14.0. The minimum absolute atomic E-state index is 0.103. The molecule has 1 aromatic carbocycles. The number of rotatable bonds is 4. The summed E-state index contributed by atoms with van der Waals surface area (Å²) in [4.78, 5) is 12.3. The van der Waals surface area contributed by atoms with E-state index in [1.165, 1.54) is 0 Å². The Kier molecular flexibility index (Phi) is 4.44. The van der Waals surface area contributed by atoms with Crippen LogP contribution in [0.2, 0.25) is 0 Å². The van der Waals surface area contributed by atoms with Crippen LogP contribution >= 0.6 is 0 Å². The molecule has 1 aliphatic rings. The third-order valence-electron chi connectivity index (χ3n) is 4.14. The van der Waals surface area contributed by atoms with E-state index in [0.29, 0.717) is 41.5 Å². The molecule has 0 saturated carbocycles. The average Bonchev–Trinajstić information content (AvgIpc) is 2.84. The van der Waals surface area contributed by atoms with E-state index in [4.69, 9.17) is 9.47 Å². The molecule has 24 heavy (non-hydrogen) atoms. The number of benzene rings is 1. The van der Waals surface area contributed by atoms with Gasteiger partial charge in [-0.05, 0) is 31.5 Å². The van der Waals surface area contributed by atoms with Crippen molar-refractivity contribution in [3.05, 3.63) is 40.7 Å². The minimum Gasteiger partial charge on any atom is -0.486 e. The molecule has 1 amide bonds. The van der Waals surface area contributed by atoms with E-state index in [9.17, 15) is 9.90 Å². The second-order valence-electron chi connectivity index (χ2n) is 5.80. The van der Waals surface area contributed by atoms with Gasteiger partial charge in [0.1, 0.15) is 13.2 Å². The van der Waals surface area contributed by atoms with E-state index < -0.39 is 6.10 Å². The largest absolute Gasteiger partial charge is 0.486 e. The number of nitrogens with zero attached hydrogens (tertiary/aromatic N) is 2. The zero-order chi connectivity index (χ0) is 17.3. The first kappa shape index (κ1) is 16.3. The van der Waals surface area contributed by atoms with Crippen LogP contribution in [0.3, 0.4) is 0 Å². The number of amides is 1. The summed E-state index contributed by atoms with van der Waals surface area (Å²) in [6.07, 6.45) is -0.831. The van der Waals surface area contributed by atoms with Gasteiger partial charge < -0.3 is 19.9 Å². The van der Waals surface area contributed by atoms with Crippen LogP contribution in [-0.4, -0.2) is 40.6 Å². The molecular formula is C17H21N3O4. The molecular weight excluding hydrogens is 310 g/mol. The number of ether oxygens (including phenoxy) is 2. The fraction of sp³-hybridized carbons (Fsp3) is 0.412. The molecule has 0 spiro atoms. The molecule has 0 bridgehead atoms. The van der Waals surface area contributed by atoms with Gasteiger partial charge in [-0.25, -0.2) is 0 Å². The summed E-state index contributed by atoms with van der Waals surface area (Å²) in [6.45, 7) is 4.75. The van der Waals surface area contributed by atoms with Gasteiger partial charge in [0.25, 0.3) is 5.91 Å². The first-order chi connectivity index (χ1) is 11.5. The van der Waals surface area contributed by atoms with Gasteiger partial charge in [0.2, 0.25) is 0 Å². The van der Waals surface area contributed by atoms with Gasteiger partial charge in [-0.15, -0.1) is 0 Å². The van der Waals surface area contributed by atoms with Crippen molar-refractivity contribution < 1.29 is 19.4 Å². The van der Waals surface area contributed by atoms with Gasteiger partial charge in [-0.3, -0.25) is 9.48 Å². The van der Waals surface area contributed by atoms with Crippen molar-refractivity contribution in [3.8, 4) is 11.5 Å². The van der Waals surface area contributed by atoms with Crippen LogP contribution in [0.5, 0.6) is 11.5 Å². The van der Waals surface area contributed by atoms with Crippen LogP contribution < -0.4 is 14.8 Å². The van der Waals surface area contributed by atoms with E-state index in [0.717, 1.165) is 5.69 Å². The Bertz CT molecular complexity index is 769. The highest BCUT2D eigenvalue weighted by Crippen LogP contribution is 2.32. The Balaban J connectivity index is 1.67. The van der Waals surface area contributed by atoms with Gasteiger partial charge in [-0.1, -0.05) is 6.07 Å². The number of aromatic nitrogens is 2. The number of carbonyl (C=O) groups excluding carboxylic acids is 1. The highest BCUT2D eigenvalue weighted by Gasteiger charge is 2.19. The molecule has 0 unspecified atom stereocenters. The number of aliphatic hydroxyl groups is 1. The molecule has 2 N–H and O–H groups in total. The van der Waals surface area contributed by atoms with Crippen LogP contribution in [0.25, 0.3) is 0 Å². The van der Waals surface area contributed by atoms with Crippen LogP contribution in [0.1, 0.15) is 33.4 Å². The van der Waals surface area contributed by atoms with Gasteiger partial charge in [0, 0.05) is 19.3 Å². The first-order valence-corrected chi connectivity index (χ1v) is 7.83. The molecule has 1 aliphatic heterocycles. The molecule has 0 radical (unpaired) electrons. The lowest BCUT2D eigenvalue weighted by atomic mass is 10.1. The quantitative estimate of drug-likeness (QED) is 0.881. The molecule has 1 aromatic heterocycles. The molecule has 0 fully saturated rings. The van der Waals surface area contributed by atoms with E-state index in [2.05, 4.69) is 10.4 Å². The molecule has 0 saturated heterocycles. The van der Waals surface area contributed by atoms with Crippen LogP contribution in [0, 0.1) is 13.8 Å². The summed E-state index contributed by atoms with van der Waals surface area (Å²) in [5.74, 6) is 1.04. The zero-order valence-electron chi connectivity index (χ0n) is 14.0. The SMILES string of the molecule is Cc1nn(C)c(C)c1C(=O)NC[C@@H](O)c1ccc2c(c1)OCCO2. The Labute approximate surface area is 140 Å². The molecule has 3 rings (SSSR count). The number of carbonyl (C=O) groups is 1. The predicted octanol–water partition coefficient (Wildman–Crippen LogP) is 1.27. The lowest BCUT2D eigenvalue weighted by Crippen LogP contribution is -2.29. The fourth-order valence-corrected chi connectivity index (χ4v) is 2.77. The lowest BCUT2D eigenvalue weighted by Gasteiger charge is -2.20. The molecule has 2 heterocycles. The lowest BCUT2D eigenvalue weighted by molar-refractivity contribution is 0.0914. The first-order valence-electron chi connectivity index (χ1n) is 7.83. The van der Waals surface area contributed by atoms with Crippen LogP contribution in [0.4, 0.5) is 0 Å². The number of fused-ring (bicyclic) bond motifs is 1. The fourth-order valence-electron chi connectivity index (χ4n) is 2.77. The summed E-state index contributed by atoms with van der Waals surface area (Å²) in [6, 6.07) is 5.28. The normalized spacial score (nSPS) is 14.3. The molecule has 128 valence electrons. The van der Waals surface area contributed by atoms with E-state index in [-0.39, 0.29) is 12.5 Å². The monoisotopic (exact) mass is 331 g/mol. The van der Waals surface area contributed by atoms with Gasteiger partial charge in [-0.2, -0.15) is 5.10 Å². The summed E-state index contributed by atoms with van der Waals surface area (Å²) < 4.78 is 12.6. The second kappa shape index (κ2) is 6.52. The summed E-state index contributed by atoms with van der Waals surface area (Å²) in [5.41, 5.74) is 2.67. The maximum Gasteiger partial charge on any atom is 0.255 e. The Morgan fingerprint density at radius 1 is 1.33 bits per heavy atom. The number of aliphatic hydroxyl groups excluding tert-OH is 1. The van der Waals surface area contributed by atoms with Crippen molar-refractivity contribution in [1.82, 2.24) is 15.1 Å². The number of nitrogens with one attached hydrogen (secondary N) is 1. The molecule has 1 atom stereocenters. The Hall–Kier alpha value is -2.54. The maximum atomic E-state index is 12.3. The predicted molar refractivity (Wildman–Crippen MR) is 87.4 cm³/mol. The average molecular weight is 331 g/mol. The molecule has 0 aliphatic carbocycles. The Morgan fingerprint density at radius 2 is 2.04 bits per heavy atom. The summed E-state index contributed by atoms with van der Waals surface area (Å²) >= 11 is 0. The van der Waals surface area contributed by atoms with Crippen molar-refractivity contribution in [2.45, 2.75) is 20.0 Å². The smallest absolute Gasteiger partial charge is 0.255 e. The third kappa shape index (κ3) is 3.07. The van der Waals surface area contributed by atoms with Crippen molar-refractivity contribution in [3.63, 3.8) is 0 Å². The van der Waals surface area contributed by atoms with E-state index in [1.807, 2.05) is 6.92 Å². The summed E-state index contributed by atoms with van der Waals surface area (Å²) in [7, 11) is 1.79. The van der Waals surface area contributed by atoms with Crippen molar-refractivity contribution in [2.24, 2.45) is 7.05 Å². The summed E-state index contributed by atoms with van der Waals surface area (Å²) in [5, 5.41) is 17.3. The second-order valence-corrected chi connectivity index (χ2v) is 5.80. The molecule has 7 heteroatoms. The standard InChI is InChI=1S/C17H21N3O4/c1-10-16(11(2)20(3)19-10)17(22)18-9-13(21)12-4-5-14-15(8-12)24-7-6-23-14/h4-5,8,13,21H,6-7,9H2,1-3H3,(H,18,22)/t13-/m1/s1.